The van der Waals surface area contributed by atoms with Gasteiger partial charge < -0.3 is 20.0 Å². The molecule has 3 aromatic rings. The lowest BCUT2D eigenvalue weighted by Gasteiger charge is -2.36. The molecular weight excluding hydrogens is 322 g/mol. The summed E-state index contributed by atoms with van der Waals surface area (Å²) in [5.41, 5.74) is 9.81. The zero-order valence-electron chi connectivity index (χ0n) is 14.3. The second-order valence-corrected chi connectivity index (χ2v) is 7.60. The van der Waals surface area contributed by atoms with Crippen molar-refractivity contribution < 1.29 is 4.42 Å². The van der Waals surface area contributed by atoms with Gasteiger partial charge in [0, 0.05) is 32.2 Å². The number of rotatable bonds is 2. The highest BCUT2D eigenvalue weighted by Crippen LogP contribution is 2.40. The van der Waals surface area contributed by atoms with Gasteiger partial charge in [-0.25, -0.2) is 4.98 Å². The average Bonchev–Trinajstić information content (AvgIpc) is 3.09. The van der Waals surface area contributed by atoms with Gasteiger partial charge in [-0.1, -0.05) is 11.3 Å². The molecular formula is C17H21N5OS. The number of anilines is 3. The van der Waals surface area contributed by atoms with Crippen LogP contribution in [0.5, 0.6) is 0 Å². The number of fused-ring (bicyclic) bond motifs is 2. The fraction of sp³-hybridized carbons (Fsp3) is 0.412. The Morgan fingerprint density at radius 2 is 2.08 bits per heavy atom. The fourth-order valence-corrected chi connectivity index (χ4v) is 4.30. The van der Waals surface area contributed by atoms with E-state index in [0.717, 1.165) is 28.9 Å². The summed E-state index contributed by atoms with van der Waals surface area (Å²) in [7, 11) is 4.04. The molecule has 1 aliphatic heterocycles. The molecule has 0 spiro atoms. The Balaban J connectivity index is 1.76. The summed E-state index contributed by atoms with van der Waals surface area (Å²) < 4.78 is 6.05. The Hall–Kier alpha value is -2.28. The van der Waals surface area contributed by atoms with E-state index in [4.69, 9.17) is 15.1 Å². The van der Waals surface area contributed by atoms with Crippen molar-refractivity contribution >= 4 is 39.3 Å². The van der Waals surface area contributed by atoms with Gasteiger partial charge in [-0.3, -0.25) is 0 Å². The predicted molar refractivity (Wildman–Crippen MR) is 98.9 cm³/mol. The van der Waals surface area contributed by atoms with Crippen LogP contribution in [0.2, 0.25) is 0 Å². The molecule has 0 fully saturated rings. The van der Waals surface area contributed by atoms with E-state index in [2.05, 4.69) is 34.7 Å². The average molecular weight is 343 g/mol. The van der Waals surface area contributed by atoms with Gasteiger partial charge in [0.15, 0.2) is 10.7 Å². The molecule has 1 aliphatic rings. The quantitative estimate of drug-likeness (QED) is 0.768. The summed E-state index contributed by atoms with van der Waals surface area (Å²) in [6.07, 6.45) is 0.856. The molecule has 2 atom stereocenters. The number of aromatic nitrogens is 2. The third kappa shape index (κ3) is 2.31. The van der Waals surface area contributed by atoms with E-state index in [0.29, 0.717) is 11.1 Å². The molecule has 7 heteroatoms. The third-order valence-electron chi connectivity index (χ3n) is 4.60. The predicted octanol–water partition coefficient (Wildman–Crippen LogP) is 3.44. The molecule has 2 aromatic heterocycles. The Labute approximate surface area is 144 Å². The Bertz CT molecular complexity index is 900. The molecule has 2 N–H and O–H groups in total. The summed E-state index contributed by atoms with van der Waals surface area (Å²) in [6.45, 7) is 4.33. The van der Waals surface area contributed by atoms with Gasteiger partial charge in [0.2, 0.25) is 0 Å². The second-order valence-electron chi connectivity index (χ2n) is 6.54. The molecule has 0 radical (unpaired) electrons. The molecule has 1 aromatic carbocycles. The SMILES string of the molecule is C[C@@H]1Cc2nc(N)sc2[C@H](C)N1c1nc2cc(N(C)C)ccc2o1. The first kappa shape index (κ1) is 15.3. The maximum atomic E-state index is 6.05. The molecule has 24 heavy (non-hydrogen) atoms. The van der Waals surface area contributed by atoms with E-state index in [-0.39, 0.29) is 12.1 Å². The van der Waals surface area contributed by atoms with E-state index in [9.17, 15) is 0 Å². The van der Waals surface area contributed by atoms with Gasteiger partial charge in [0.05, 0.1) is 16.6 Å². The van der Waals surface area contributed by atoms with Crippen molar-refractivity contribution in [2.24, 2.45) is 0 Å². The van der Waals surface area contributed by atoms with Crippen LogP contribution in [0.4, 0.5) is 16.8 Å². The largest absolute Gasteiger partial charge is 0.423 e. The van der Waals surface area contributed by atoms with E-state index < -0.39 is 0 Å². The summed E-state index contributed by atoms with van der Waals surface area (Å²) in [5, 5.41) is 0.633. The number of hydrogen-bond donors (Lipinski definition) is 1. The monoisotopic (exact) mass is 343 g/mol. The van der Waals surface area contributed by atoms with Gasteiger partial charge in [-0.05, 0) is 32.0 Å². The van der Waals surface area contributed by atoms with Crippen LogP contribution >= 0.6 is 11.3 Å². The highest BCUT2D eigenvalue weighted by atomic mass is 32.1. The van der Waals surface area contributed by atoms with Crippen LogP contribution in [-0.4, -0.2) is 30.1 Å². The minimum atomic E-state index is 0.153. The number of nitrogens with zero attached hydrogens (tertiary/aromatic N) is 4. The van der Waals surface area contributed by atoms with Crippen molar-refractivity contribution in [3.8, 4) is 0 Å². The maximum Gasteiger partial charge on any atom is 0.299 e. The molecule has 3 heterocycles. The van der Waals surface area contributed by atoms with Crippen molar-refractivity contribution in [3.05, 3.63) is 28.8 Å². The molecule has 6 nitrogen and oxygen atoms in total. The van der Waals surface area contributed by atoms with Crippen molar-refractivity contribution in [1.82, 2.24) is 9.97 Å². The van der Waals surface area contributed by atoms with Crippen molar-refractivity contribution in [2.45, 2.75) is 32.4 Å². The minimum Gasteiger partial charge on any atom is -0.423 e. The van der Waals surface area contributed by atoms with E-state index >= 15 is 0 Å². The normalized spacial score (nSPS) is 20.4. The third-order valence-corrected chi connectivity index (χ3v) is 5.70. The van der Waals surface area contributed by atoms with Gasteiger partial charge in [-0.15, -0.1) is 0 Å². The lowest BCUT2D eigenvalue weighted by Crippen LogP contribution is -2.40. The number of nitrogens with two attached hydrogens (primary N) is 1. The summed E-state index contributed by atoms with van der Waals surface area (Å²) >= 11 is 1.56. The zero-order valence-corrected chi connectivity index (χ0v) is 15.1. The van der Waals surface area contributed by atoms with Crippen molar-refractivity contribution in [1.29, 1.82) is 0 Å². The van der Waals surface area contributed by atoms with Gasteiger partial charge in [0.25, 0.3) is 6.01 Å². The highest BCUT2D eigenvalue weighted by molar-refractivity contribution is 7.15. The first-order chi connectivity index (χ1) is 11.4. The van der Waals surface area contributed by atoms with Gasteiger partial charge in [-0.2, -0.15) is 4.98 Å². The molecule has 4 rings (SSSR count). The molecule has 126 valence electrons. The van der Waals surface area contributed by atoms with Crippen LogP contribution in [-0.2, 0) is 6.42 Å². The van der Waals surface area contributed by atoms with Crippen LogP contribution in [0.1, 0.15) is 30.5 Å². The Morgan fingerprint density at radius 1 is 1.29 bits per heavy atom. The minimum absolute atomic E-state index is 0.153. The molecule has 0 unspecified atom stereocenters. The van der Waals surface area contributed by atoms with Crippen LogP contribution in [0.25, 0.3) is 11.1 Å². The first-order valence-corrected chi connectivity index (χ1v) is 8.87. The second kappa shape index (κ2) is 5.37. The smallest absolute Gasteiger partial charge is 0.299 e. The lowest BCUT2D eigenvalue weighted by atomic mass is 10.0. The number of thiazole rings is 1. The van der Waals surface area contributed by atoms with Crippen molar-refractivity contribution in [3.63, 3.8) is 0 Å². The van der Waals surface area contributed by atoms with E-state index in [1.165, 1.54) is 4.88 Å². The van der Waals surface area contributed by atoms with Gasteiger partial charge >= 0.3 is 0 Å². The highest BCUT2D eigenvalue weighted by Gasteiger charge is 2.34. The fourth-order valence-electron chi connectivity index (χ4n) is 3.39. The topological polar surface area (TPSA) is 71.4 Å². The summed E-state index contributed by atoms with van der Waals surface area (Å²) in [5.74, 6) is 0. The standard InChI is InChI=1S/C17H21N5OS/c1-9-7-13-15(24-16(18)19-13)10(2)22(9)17-20-12-8-11(21(3)4)5-6-14(12)23-17/h5-6,8-10H,7H2,1-4H3,(H2,18,19)/t9-,10+/m1/s1. The van der Waals surface area contributed by atoms with Crippen LogP contribution in [0, 0.1) is 0 Å². The Kier molecular flexibility index (Phi) is 3.42. The Morgan fingerprint density at radius 3 is 2.83 bits per heavy atom. The van der Waals surface area contributed by atoms with Crippen molar-refractivity contribution in [2.75, 3.05) is 29.6 Å². The molecule has 0 bridgehead atoms. The summed E-state index contributed by atoms with van der Waals surface area (Å²) in [6, 6.07) is 7.16. The van der Waals surface area contributed by atoms with Crippen LogP contribution < -0.4 is 15.5 Å². The molecule has 0 saturated carbocycles. The number of oxazole rings is 1. The number of benzene rings is 1. The number of hydrogen-bond acceptors (Lipinski definition) is 7. The molecule has 0 amide bonds. The number of nitrogen functional groups attached to an aromatic ring is 1. The lowest BCUT2D eigenvalue weighted by molar-refractivity contribution is 0.463. The van der Waals surface area contributed by atoms with Gasteiger partial charge in [0.1, 0.15) is 5.52 Å². The van der Waals surface area contributed by atoms with E-state index in [1.807, 2.05) is 26.2 Å². The first-order valence-electron chi connectivity index (χ1n) is 8.05. The summed E-state index contributed by atoms with van der Waals surface area (Å²) in [4.78, 5) is 14.7. The van der Waals surface area contributed by atoms with Crippen LogP contribution in [0.15, 0.2) is 22.6 Å². The molecule has 0 aliphatic carbocycles. The molecule has 0 saturated heterocycles. The van der Waals surface area contributed by atoms with E-state index in [1.54, 1.807) is 11.3 Å². The maximum absolute atomic E-state index is 6.05. The van der Waals surface area contributed by atoms with Crippen LogP contribution in [0.3, 0.4) is 0 Å². The zero-order chi connectivity index (χ0) is 17.0.